The highest BCUT2D eigenvalue weighted by molar-refractivity contribution is 4.53. The minimum atomic E-state index is 1.14. The molecule has 0 fully saturated rings. The van der Waals surface area contributed by atoms with Gasteiger partial charge in [-0.3, -0.25) is 0 Å². The first-order chi connectivity index (χ1) is 5.79. The predicted octanol–water partition coefficient (Wildman–Crippen LogP) is 2.37. The molecule has 0 aromatic heterocycles. The van der Waals surface area contributed by atoms with Gasteiger partial charge in [-0.15, -0.1) is 0 Å². The molecule has 0 N–H and O–H groups in total. The van der Waals surface area contributed by atoms with Crippen molar-refractivity contribution in [2.45, 2.75) is 40.5 Å². The fourth-order valence-corrected chi connectivity index (χ4v) is 1.53. The van der Waals surface area contributed by atoms with Crippen molar-refractivity contribution < 1.29 is 0 Å². The van der Waals surface area contributed by atoms with E-state index in [1.807, 2.05) is 0 Å². The van der Waals surface area contributed by atoms with Crippen LogP contribution in [0, 0.1) is 0 Å². The Morgan fingerprint density at radius 1 is 0.667 bits per heavy atom. The Balaban J connectivity index is 3.86. The number of hydrogen-bond acceptors (Lipinski definition) is 2. The van der Waals surface area contributed by atoms with Crippen LogP contribution in [0.2, 0.25) is 0 Å². The third kappa shape index (κ3) is 4.07. The van der Waals surface area contributed by atoms with Gasteiger partial charge in [0.25, 0.3) is 0 Å². The van der Waals surface area contributed by atoms with Gasteiger partial charge in [0, 0.05) is 26.2 Å². The van der Waals surface area contributed by atoms with Gasteiger partial charge in [-0.2, -0.15) is 0 Å². The van der Waals surface area contributed by atoms with Crippen molar-refractivity contribution >= 4 is 0 Å². The Morgan fingerprint density at radius 3 is 1.33 bits per heavy atom. The quantitative estimate of drug-likeness (QED) is 0.544. The summed E-state index contributed by atoms with van der Waals surface area (Å²) >= 11 is 0. The van der Waals surface area contributed by atoms with Gasteiger partial charge < -0.3 is 0 Å². The highest BCUT2D eigenvalue weighted by atomic mass is 15.6. The molecule has 0 spiro atoms. The van der Waals surface area contributed by atoms with Crippen molar-refractivity contribution in [3.8, 4) is 0 Å². The van der Waals surface area contributed by atoms with Crippen LogP contribution in [-0.2, 0) is 0 Å². The van der Waals surface area contributed by atoms with Crippen LogP contribution in [0.3, 0.4) is 0 Å². The summed E-state index contributed by atoms with van der Waals surface area (Å²) in [7, 11) is 0. The van der Waals surface area contributed by atoms with E-state index in [1.165, 1.54) is 25.9 Å². The molecule has 0 radical (unpaired) electrons. The molecule has 0 aliphatic carbocycles. The molecular formula is C10H24N2. The second kappa shape index (κ2) is 7.56. The molecule has 0 aliphatic heterocycles. The van der Waals surface area contributed by atoms with Crippen molar-refractivity contribution in [3.63, 3.8) is 0 Å². The first-order valence-electron chi connectivity index (χ1n) is 5.29. The van der Waals surface area contributed by atoms with Gasteiger partial charge in [-0.05, 0) is 12.8 Å². The second-order valence-corrected chi connectivity index (χ2v) is 3.09. The summed E-state index contributed by atoms with van der Waals surface area (Å²) in [6, 6.07) is 0. The Bertz CT molecular complexity index is 83.8. The van der Waals surface area contributed by atoms with E-state index in [-0.39, 0.29) is 0 Å². The summed E-state index contributed by atoms with van der Waals surface area (Å²) in [6.07, 6.45) is 2.49. The van der Waals surface area contributed by atoms with Crippen LogP contribution < -0.4 is 0 Å². The Hall–Kier alpha value is -0.0800. The lowest BCUT2D eigenvalue weighted by molar-refractivity contribution is -0.0162. The topological polar surface area (TPSA) is 6.48 Å². The summed E-state index contributed by atoms with van der Waals surface area (Å²) < 4.78 is 0. The van der Waals surface area contributed by atoms with Crippen LogP contribution in [0.1, 0.15) is 40.5 Å². The zero-order valence-electron chi connectivity index (χ0n) is 9.14. The number of hydrazine groups is 1. The molecule has 0 aliphatic rings. The molecular weight excluding hydrogens is 148 g/mol. The van der Waals surface area contributed by atoms with Gasteiger partial charge >= 0.3 is 0 Å². The van der Waals surface area contributed by atoms with E-state index < -0.39 is 0 Å². The summed E-state index contributed by atoms with van der Waals surface area (Å²) in [5, 5.41) is 4.90. The van der Waals surface area contributed by atoms with Crippen molar-refractivity contribution in [1.29, 1.82) is 0 Å². The van der Waals surface area contributed by atoms with E-state index >= 15 is 0 Å². The number of hydrogen-bond donors (Lipinski definition) is 0. The Morgan fingerprint density at radius 2 is 1.08 bits per heavy atom. The molecule has 0 saturated carbocycles. The van der Waals surface area contributed by atoms with Gasteiger partial charge in [0.2, 0.25) is 0 Å². The zero-order chi connectivity index (χ0) is 9.40. The fourth-order valence-electron chi connectivity index (χ4n) is 1.53. The molecule has 0 saturated heterocycles. The zero-order valence-corrected chi connectivity index (χ0v) is 9.14. The molecule has 12 heavy (non-hydrogen) atoms. The van der Waals surface area contributed by atoms with Crippen molar-refractivity contribution in [2.75, 3.05) is 26.2 Å². The van der Waals surface area contributed by atoms with Crippen molar-refractivity contribution in [1.82, 2.24) is 10.0 Å². The summed E-state index contributed by atoms with van der Waals surface area (Å²) in [5.41, 5.74) is 0. The molecule has 0 heterocycles. The first-order valence-corrected chi connectivity index (χ1v) is 5.29. The predicted molar refractivity (Wildman–Crippen MR) is 55.1 cm³/mol. The van der Waals surface area contributed by atoms with Crippen LogP contribution in [-0.4, -0.2) is 36.2 Å². The average Bonchev–Trinajstić information content (AvgIpc) is 2.07. The molecule has 0 aromatic rings. The normalized spacial score (nSPS) is 11.5. The minimum absolute atomic E-state index is 1.14. The van der Waals surface area contributed by atoms with Crippen LogP contribution in [0.25, 0.3) is 0 Å². The molecule has 0 amide bonds. The standard InChI is InChI=1S/C10H24N2/c1-5-9-12(10-6-2)11(7-3)8-4/h5-10H2,1-4H3. The van der Waals surface area contributed by atoms with E-state index in [0.29, 0.717) is 0 Å². The van der Waals surface area contributed by atoms with E-state index in [4.69, 9.17) is 0 Å². The van der Waals surface area contributed by atoms with Gasteiger partial charge in [0.15, 0.2) is 0 Å². The summed E-state index contributed by atoms with van der Waals surface area (Å²) in [4.78, 5) is 0. The highest BCUT2D eigenvalue weighted by Crippen LogP contribution is 2.00. The first kappa shape index (κ1) is 11.9. The maximum absolute atomic E-state index is 2.47. The maximum Gasteiger partial charge on any atom is 0.0130 e. The van der Waals surface area contributed by atoms with Crippen LogP contribution >= 0.6 is 0 Å². The van der Waals surface area contributed by atoms with E-state index in [0.717, 1.165) is 13.1 Å². The van der Waals surface area contributed by atoms with Gasteiger partial charge in [0.1, 0.15) is 0 Å². The monoisotopic (exact) mass is 172 g/mol. The van der Waals surface area contributed by atoms with E-state index in [1.54, 1.807) is 0 Å². The Kier molecular flexibility index (Phi) is 7.51. The third-order valence-electron chi connectivity index (χ3n) is 2.09. The molecule has 0 aromatic carbocycles. The molecule has 2 heteroatoms. The van der Waals surface area contributed by atoms with E-state index in [2.05, 4.69) is 37.7 Å². The molecule has 0 rings (SSSR count). The summed E-state index contributed by atoms with van der Waals surface area (Å²) in [6.45, 7) is 13.6. The number of rotatable bonds is 7. The fraction of sp³-hybridized carbons (Fsp3) is 1.00. The minimum Gasteiger partial charge on any atom is -0.242 e. The SMILES string of the molecule is CCCN(CCC)N(CC)CC. The summed E-state index contributed by atoms with van der Waals surface area (Å²) in [5.74, 6) is 0. The molecule has 0 bridgehead atoms. The smallest absolute Gasteiger partial charge is 0.0130 e. The Labute approximate surface area is 77.5 Å². The maximum atomic E-state index is 2.47. The largest absolute Gasteiger partial charge is 0.242 e. The van der Waals surface area contributed by atoms with Crippen molar-refractivity contribution in [2.24, 2.45) is 0 Å². The molecule has 0 atom stereocenters. The lowest BCUT2D eigenvalue weighted by atomic mass is 10.4. The molecule has 2 nitrogen and oxygen atoms in total. The van der Waals surface area contributed by atoms with Gasteiger partial charge in [0.05, 0.1) is 0 Å². The van der Waals surface area contributed by atoms with Crippen LogP contribution in [0.15, 0.2) is 0 Å². The van der Waals surface area contributed by atoms with Gasteiger partial charge in [-0.25, -0.2) is 10.0 Å². The van der Waals surface area contributed by atoms with Crippen LogP contribution in [0.4, 0.5) is 0 Å². The van der Waals surface area contributed by atoms with Crippen molar-refractivity contribution in [3.05, 3.63) is 0 Å². The third-order valence-corrected chi connectivity index (χ3v) is 2.09. The van der Waals surface area contributed by atoms with Gasteiger partial charge in [-0.1, -0.05) is 27.7 Å². The van der Waals surface area contributed by atoms with E-state index in [9.17, 15) is 0 Å². The lowest BCUT2D eigenvalue weighted by Crippen LogP contribution is -2.43. The lowest BCUT2D eigenvalue weighted by Gasteiger charge is -2.33. The molecule has 74 valence electrons. The average molecular weight is 172 g/mol. The molecule has 0 unspecified atom stereocenters. The highest BCUT2D eigenvalue weighted by Gasteiger charge is 2.08. The van der Waals surface area contributed by atoms with Crippen LogP contribution in [0.5, 0.6) is 0 Å². The second-order valence-electron chi connectivity index (χ2n) is 3.09. The number of nitrogens with zero attached hydrogens (tertiary/aromatic N) is 2.